The van der Waals surface area contributed by atoms with Gasteiger partial charge in [0.15, 0.2) is 0 Å². The van der Waals surface area contributed by atoms with Gasteiger partial charge in [-0.15, -0.1) is 0 Å². The second-order valence-corrected chi connectivity index (χ2v) is 6.67. The van der Waals surface area contributed by atoms with Crippen molar-refractivity contribution in [3.63, 3.8) is 0 Å². The van der Waals surface area contributed by atoms with E-state index in [1.165, 1.54) is 5.56 Å². The summed E-state index contributed by atoms with van der Waals surface area (Å²) in [7, 11) is 0. The second-order valence-electron chi connectivity index (χ2n) is 6.24. The lowest BCUT2D eigenvalue weighted by molar-refractivity contribution is 0.135. The number of carbonyl (C=O) groups is 1. The van der Waals surface area contributed by atoms with Gasteiger partial charge in [0.1, 0.15) is 0 Å². The number of nitrogens with one attached hydrogen (secondary N) is 1. The molecule has 1 aromatic heterocycles. The van der Waals surface area contributed by atoms with Gasteiger partial charge in [0.05, 0.1) is 0 Å². The zero-order valence-corrected chi connectivity index (χ0v) is 15.0. The van der Waals surface area contributed by atoms with E-state index in [0.29, 0.717) is 6.54 Å². The molecule has 2 aromatic rings. The third-order valence-corrected chi connectivity index (χ3v) is 4.60. The van der Waals surface area contributed by atoms with Gasteiger partial charge in [-0.1, -0.05) is 29.8 Å². The van der Waals surface area contributed by atoms with Gasteiger partial charge in [0.2, 0.25) is 0 Å². The van der Waals surface area contributed by atoms with E-state index in [4.69, 9.17) is 11.6 Å². The van der Waals surface area contributed by atoms with Gasteiger partial charge in [0, 0.05) is 56.7 Å². The van der Waals surface area contributed by atoms with Gasteiger partial charge < -0.3 is 10.2 Å². The molecule has 0 unspecified atom stereocenters. The SMILES string of the molecule is O=C(NCCc1cccc(Cl)c1)N1CCN(Cc2cccnc2)CC1. The van der Waals surface area contributed by atoms with E-state index in [1.54, 1.807) is 6.20 Å². The molecule has 132 valence electrons. The highest BCUT2D eigenvalue weighted by Crippen LogP contribution is 2.11. The third-order valence-electron chi connectivity index (χ3n) is 4.37. The Balaban J connectivity index is 1.38. The van der Waals surface area contributed by atoms with Crippen LogP contribution < -0.4 is 5.32 Å². The van der Waals surface area contributed by atoms with Crippen molar-refractivity contribution in [2.24, 2.45) is 0 Å². The van der Waals surface area contributed by atoms with Crippen LogP contribution in [0.2, 0.25) is 5.02 Å². The number of amides is 2. The van der Waals surface area contributed by atoms with E-state index in [-0.39, 0.29) is 6.03 Å². The molecule has 25 heavy (non-hydrogen) atoms. The van der Waals surface area contributed by atoms with E-state index in [9.17, 15) is 4.79 Å². The Labute approximate surface area is 153 Å². The van der Waals surface area contributed by atoms with Crippen LogP contribution in [0.15, 0.2) is 48.8 Å². The average molecular weight is 359 g/mol. The number of hydrogen-bond acceptors (Lipinski definition) is 3. The quantitative estimate of drug-likeness (QED) is 0.894. The molecule has 1 aliphatic rings. The minimum absolute atomic E-state index is 0.0167. The molecule has 1 aliphatic heterocycles. The Morgan fingerprint density at radius 1 is 1.12 bits per heavy atom. The maximum absolute atomic E-state index is 12.3. The lowest BCUT2D eigenvalue weighted by Crippen LogP contribution is -2.51. The number of hydrogen-bond donors (Lipinski definition) is 1. The smallest absolute Gasteiger partial charge is 0.317 e. The fourth-order valence-electron chi connectivity index (χ4n) is 2.98. The number of carbonyl (C=O) groups excluding carboxylic acids is 1. The van der Waals surface area contributed by atoms with Crippen molar-refractivity contribution in [2.75, 3.05) is 32.7 Å². The highest BCUT2D eigenvalue weighted by atomic mass is 35.5. The first-order valence-corrected chi connectivity index (χ1v) is 8.97. The number of aromatic nitrogens is 1. The van der Waals surface area contributed by atoms with Crippen molar-refractivity contribution in [1.29, 1.82) is 0 Å². The first-order chi connectivity index (χ1) is 12.2. The Morgan fingerprint density at radius 2 is 1.92 bits per heavy atom. The molecular formula is C19H23ClN4O. The highest BCUT2D eigenvalue weighted by Gasteiger charge is 2.20. The summed E-state index contributed by atoms with van der Waals surface area (Å²) in [6.45, 7) is 4.78. The molecule has 0 saturated carbocycles. The Kier molecular flexibility index (Phi) is 6.25. The maximum Gasteiger partial charge on any atom is 0.317 e. The molecule has 0 bridgehead atoms. The molecule has 2 amide bonds. The van der Waals surface area contributed by atoms with Gasteiger partial charge in [-0.25, -0.2) is 4.79 Å². The zero-order valence-electron chi connectivity index (χ0n) is 14.2. The third kappa shape index (κ3) is 5.44. The average Bonchev–Trinajstić information content (AvgIpc) is 2.63. The molecule has 0 spiro atoms. The second kappa shape index (κ2) is 8.83. The summed E-state index contributed by atoms with van der Waals surface area (Å²) in [5, 5.41) is 3.73. The summed E-state index contributed by atoms with van der Waals surface area (Å²) in [5.74, 6) is 0. The zero-order chi connectivity index (χ0) is 17.5. The van der Waals surface area contributed by atoms with Crippen LogP contribution in [-0.2, 0) is 13.0 Å². The van der Waals surface area contributed by atoms with Crippen LogP contribution in [0, 0.1) is 0 Å². The van der Waals surface area contributed by atoms with Gasteiger partial charge in [-0.05, 0) is 35.7 Å². The molecule has 1 fully saturated rings. The fourth-order valence-corrected chi connectivity index (χ4v) is 3.19. The van der Waals surface area contributed by atoms with E-state index in [2.05, 4.69) is 21.3 Å². The van der Waals surface area contributed by atoms with Crippen LogP contribution in [0.25, 0.3) is 0 Å². The molecule has 1 saturated heterocycles. The van der Waals surface area contributed by atoms with Crippen molar-refractivity contribution >= 4 is 17.6 Å². The van der Waals surface area contributed by atoms with Gasteiger partial charge in [0.25, 0.3) is 0 Å². The lowest BCUT2D eigenvalue weighted by Gasteiger charge is -2.34. The van der Waals surface area contributed by atoms with Crippen LogP contribution in [0.5, 0.6) is 0 Å². The van der Waals surface area contributed by atoms with Crippen molar-refractivity contribution < 1.29 is 4.79 Å². The van der Waals surface area contributed by atoms with Crippen LogP contribution >= 0.6 is 11.6 Å². The lowest BCUT2D eigenvalue weighted by atomic mass is 10.1. The molecule has 6 heteroatoms. The Morgan fingerprint density at radius 3 is 2.64 bits per heavy atom. The number of urea groups is 1. The van der Waals surface area contributed by atoms with E-state index in [1.807, 2.05) is 41.4 Å². The summed E-state index contributed by atoms with van der Waals surface area (Å²) < 4.78 is 0. The number of pyridine rings is 1. The molecule has 2 heterocycles. The summed E-state index contributed by atoms with van der Waals surface area (Å²) >= 11 is 5.98. The van der Waals surface area contributed by atoms with Crippen molar-refractivity contribution in [2.45, 2.75) is 13.0 Å². The van der Waals surface area contributed by atoms with E-state index in [0.717, 1.165) is 49.7 Å². The number of halogens is 1. The standard InChI is InChI=1S/C19H23ClN4O/c20-18-5-1-3-16(13-18)6-8-22-19(25)24-11-9-23(10-12-24)15-17-4-2-7-21-14-17/h1-5,7,13-14H,6,8-12,15H2,(H,22,25). The topological polar surface area (TPSA) is 48.5 Å². The van der Waals surface area contributed by atoms with Gasteiger partial charge in [-0.3, -0.25) is 9.88 Å². The molecule has 0 atom stereocenters. The van der Waals surface area contributed by atoms with Gasteiger partial charge in [-0.2, -0.15) is 0 Å². The fraction of sp³-hybridized carbons (Fsp3) is 0.368. The van der Waals surface area contributed by atoms with E-state index < -0.39 is 0 Å². The van der Waals surface area contributed by atoms with Crippen molar-refractivity contribution in [1.82, 2.24) is 20.1 Å². The number of piperazine rings is 1. The highest BCUT2D eigenvalue weighted by molar-refractivity contribution is 6.30. The molecule has 1 aromatic carbocycles. The summed E-state index contributed by atoms with van der Waals surface area (Å²) in [4.78, 5) is 20.7. The largest absolute Gasteiger partial charge is 0.338 e. The number of nitrogens with zero attached hydrogens (tertiary/aromatic N) is 3. The summed E-state index contributed by atoms with van der Waals surface area (Å²) in [6, 6.07) is 11.8. The van der Waals surface area contributed by atoms with Crippen LogP contribution in [0.1, 0.15) is 11.1 Å². The molecular weight excluding hydrogens is 336 g/mol. The predicted molar refractivity (Wildman–Crippen MR) is 99.6 cm³/mol. The minimum Gasteiger partial charge on any atom is -0.338 e. The van der Waals surface area contributed by atoms with Gasteiger partial charge >= 0.3 is 6.03 Å². The van der Waals surface area contributed by atoms with Crippen LogP contribution in [-0.4, -0.2) is 53.5 Å². The maximum atomic E-state index is 12.3. The number of benzene rings is 1. The molecule has 1 N–H and O–H groups in total. The molecule has 0 aliphatic carbocycles. The monoisotopic (exact) mass is 358 g/mol. The van der Waals surface area contributed by atoms with E-state index >= 15 is 0 Å². The molecule has 3 rings (SSSR count). The Hall–Kier alpha value is -2.11. The minimum atomic E-state index is 0.0167. The summed E-state index contributed by atoms with van der Waals surface area (Å²) in [6.07, 6.45) is 4.47. The predicted octanol–water partition coefficient (Wildman–Crippen LogP) is 2.80. The Bertz CT molecular complexity index is 687. The molecule has 0 radical (unpaired) electrons. The van der Waals surface area contributed by atoms with Crippen LogP contribution in [0.4, 0.5) is 4.79 Å². The molecule has 5 nitrogen and oxygen atoms in total. The van der Waals surface area contributed by atoms with Crippen molar-refractivity contribution in [3.05, 3.63) is 64.9 Å². The normalized spacial score (nSPS) is 15.2. The van der Waals surface area contributed by atoms with Crippen LogP contribution in [0.3, 0.4) is 0 Å². The summed E-state index contributed by atoms with van der Waals surface area (Å²) in [5.41, 5.74) is 2.34. The van der Waals surface area contributed by atoms with Crippen molar-refractivity contribution in [3.8, 4) is 0 Å². The first kappa shape index (κ1) is 17.7. The first-order valence-electron chi connectivity index (χ1n) is 8.59. The number of rotatable bonds is 5.